The average Bonchev–Trinajstić information content (AvgIpc) is 2.81. The smallest absolute Gasteiger partial charge is 0.106 e. The minimum Gasteiger partial charge on any atom is -0.392 e. The minimum atomic E-state index is -0.245. The van der Waals surface area contributed by atoms with Crippen LogP contribution in [0.5, 0.6) is 0 Å². The number of piperidine rings is 1. The van der Waals surface area contributed by atoms with E-state index in [1.54, 1.807) is 0 Å². The van der Waals surface area contributed by atoms with E-state index >= 15 is 0 Å². The number of hydrogen-bond donors (Lipinski definition) is 1. The second-order valence-corrected chi connectivity index (χ2v) is 6.14. The molecule has 1 aliphatic rings. The van der Waals surface area contributed by atoms with E-state index in [0.29, 0.717) is 6.04 Å². The van der Waals surface area contributed by atoms with Crippen LogP contribution in [0.1, 0.15) is 32.0 Å². The summed E-state index contributed by atoms with van der Waals surface area (Å²) in [5.74, 6) is 1.07. The van der Waals surface area contributed by atoms with Crippen LogP contribution in [0, 0.1) is 6.92 Å². The summed E-state index contributed by atoms with van der Waals surface area (Å²) in [6, 6.07) is 8.62. The Morgan fingerprint density at radius 3 is 2.90 bits per heavy atom. The van der Waals surface area contributed by atoms with E-state index in [2.05, 4.69) is 39.6 Å². The molecule has 0 saturated carbocycles. The number of aromatic nitrogens is 2. The van der Waals surface area contributed by atoms with Crippen molar-refractivity contribution in [1.29, 1.82) is 0 Å². The molecule has 4 heteroatoms. The Morgan fingerprint density at radius 2 is 2.10 bits per heavy atom. The average molecular weight is 287 g/mol. The standard InChI is InChI=1S/C17H25N3O/c1-13(21)16-8-5-6-10-19(16)11-12-20-14(2)18-15-7-3-4-9-17(15)20/h3-4,7,9,13,16,21H,5-6,8,10-12H2,1-2H3. The largest absolute Gasteiger partial charge is 0.392 e. The molecule has 1 N–H and O–H groups in total. The lowest BCUT2D eigenvalue weighted by molar-refractivity contribution is 0.0346. The van der Waals surface area contributed by atoms with Crippen LogP contribution >= 0.6 is 0 Å². The van der Waals surface area contributed by atoms with Crippen molar-refractivity contribution < 1.29 is 5.11 Å². The van der Waals surface area contributed by atoms with E-state index in [0.717, 1.165) is 37.4 Å². The van der Waals surface area contributed by atoms with Crippen LogP contribution in [-0.2, 0) is 6.54 Å². The number of hydrogen-bond acceptors (Lipinski definition) is 3. The zero-order valence-electron chi connectivity index (χ0n) is 13.0. The van der Waals surface area contributed by atoms with E-state index in [1.165, 1.54) is 18.4 Å². The monoisotopic (exact) mass is 287 g/mol. The normalized spacial score (nSPS) is 21.8. The lowest BCUT2D eigenvalue weighted by Gasteiger charge is -2.37. The summed E-state index contributed by atoms with van der Waals surface area (Å²) in [6.45, 7) is 7.01. The van der Waals surface area contributed by atoms with Gasteiger partial charge < -0.3 is 9.67 Å². The fourth-order valence-electron chi connectivity index (χ4n) is 3.55. The topological polar surface area (TPSA) is 41.3 Å². The molecule has 1 aromatic carbocycles. The Labute approximate surface area is 126 Å². The number of fused-ring (bicyclic) bond motifs is 1. The van der Waals surface area contributed by atoms with Gasteiger partial charge in [0.25, 0.3) is 0 Å². The second kappa shape index (κ2) is 6.16. The highest BCUT2D eigenvalue weighted by atomic mass is 16.3. The van der Waals surface area contributed by atoms with Crippen molar-refractivity contribution in [3.05, 3.63) is 30.1 Å². The first-order chi connectivity index (χ1) is 10.2. The SMILES string of the molecule is Cc1nc2ccccc2n1CCN1CCCCC1C(C)O. The highest BCUT2D eigenvalue weighted by Crippen LogP contribution is 2.21. The van der Waals surface area contributed by atoms with Crippen LogP contribution in [0.4, 0.5) is 0 Å². The van der Waals surface area contributed by atoms with Gasteiger partial charge in [0.1, 0.15) is 5.82 Å². The Bertz CT molecular complexity index is 605. The molecule has 0 radical (unpaired) electrons. The summed E-state index contributed by atoms with van der Waals surface area (Å²) in [7, 11) is 0. The predicted octanol–water partition coefficient (Wildman–Crippen LogP) is 2.58. The molecular formula is C17H25N3O. The van der Waals surface area contributed by atoms with Gasteiger partial charge in [-0.3, -0.25) is 4.90 Å². The van der Waals surface area contributed by atoms with Crippen molar-refractivity contribution in [2.24, 2.45) is 0 Å². The van der Waals surface area contributed by atoms with Gasteiger partial charge in [-0.1, -0.05) is 18.6 Å². The quantitative estimate of drug-likeness (QED) is 0.939. The molecule has 114 valence electrons. The second-order valence-electron chi connectivity index (χ2n) is 6.14. The van der Waals surface area contributed by atoms with E-state index in [4.69, 9.17) is 0 Å². The fourth-order valence-corrected chi connectivity index (χ4v) is 3.55. The summed E-state index contributed by atoms with van der Waals surface area (Å²) in [6.07, 6.45) is 3.35. The van der Waals surface area contributed by atoms with Gasteiger partial charge in [0, 0.05) is 19.1 Å². The van der Waals surface area contributed by atoms with Crippen LogP contribution in [0.3, 0.4) is 0 Å². The molecule has 0 aliphatic carbocycles. The van der Waals surface area contributed by atoms with Gasteiger partial charge in [0.2, 0.25) is 0 Å². The number of nitrogens with zero attached hydrogens (tertiary/aromatic N) is 3. The maximum Gasteiger partial charge on any atom is 0.106 e. The van der Waals surface area contributed by atoms with Crippen LogP contribution in [-0.4, -0.2) is 44.8 Å². The van der Waals surface area contributed by atoms with E-state index in [-0.39, 0.29) is 6.10 Å². The molecule has 0 amide bonds. The van der Waals surface area contributed by atoms with E-state index < -0.39 is 0 Å². The molecule has 21 heavy (non-hydrogen) atoms. The van der Waals surface area contributed by atoms with Gasteiger partial charge in [-0.25, -0.2) is 4.98 Å². The molecule has 1 saturated heterocycles. The van der Waals surface area contributed by atoms with Gasteiger partial charge in [-0.05, 0) is 45.4 Å². The number of benzene rings is 1. The van der Waals surface area contributed by atoms with Gasteiger partial charge in [-0.2, -0.15) is 0 Å². The minimum absolute atomic E-state index is 0.245. The van der Waals surface area contributed by atoms with Gasteiger partial charge in [0.15, 0.2) is 0 Å². The molecule has 1 fully saturated rings. The van der Waals surface area contributed by atoms with Crippen molar-refractivity contribution in [1.82, 2.24) is 14.5 Å². The molecular weight excluding hydrogens is 262 g/mol. The fraction of sp³-hybridized carbons (Fsp3) is 0.588. The third-order valence-corrected chi connectivity index (χ3v) is 4.68. The number of rotatable bonds is 4. The Balaban J connectivity index is 1.75. The number of likely N-dealkylation sites (tertiary alicyclic amines) is 1. The molecule has 2 aromatic rings. The summed E-state index contributed by atoms with van der Waals surface area (Å²) in [5, 5.41) is 9.97. The third kappa shape index (κ3) is 2.97. The number of imidazole rings is 1. The summed E-state index contributed by atoms with van der Waals surface area (Å²) in [5.41, 5.74) is 2.28. The van der Waals surface area contributed by atoms with E-state index in [1.807, 2.05) is 13.0 Å². The predicted molar refractivity (Wildman–Crippen MR) is 85.4 cm³/mol. The molecule has 2 unspecified atom stereocenters. The van der Waals surface area contributed by atoms with Crippen molar-refractivity contribution in [3.63, 3.8) is 0 Å². The number of aliphatic hydroxyl groups is 1. The molecule has 4 nitrogen and oxygen atoms in total. The van der Waals surface area contributed by atoms with Crippen molar-refractivity contribution in [2.45, 2.75) is 51.8 Å². The Hall–Kier alpha value is -1.39. The summed E-state index contributed by atoms with van der Waals surface area (Å²) in [4.78, 5) is 7.07. The van der Waals surface area contributed by atoms with Crippen LogP contribution in [0.25, 0.3) is 11.0 Å². The first-order valence-electron chi connectivity index (χ1n) is 8.01. The Kier molecular flexibility index (Phi) is 4.27. The zero-order chi connectivity index (χ0) is 14.8. The highest BCUT2D eigenvalue weighted by molar-refractivity contribution is 5.75. The molecule has 2 atom stereocenters. The van der Waals surface area contributed by atoms with Gasteiger partial charge >= 0.3 is 0 Å². The maximum absolute atomic E-state index is 9.97. The number of aryl methyl sites for hydroxylation is 1. The zero-order valence-corrected chi connectivity index (χ0v) is 13.0. The summed E-state index contributed by atoms with van der Waals surface area (Å²) < 4.78 is 2.29. The van der Waals surface area contributed by atoms with Gasteiger partial charge in [-0.15, -0.1) is 0 Å². The maximum atomic E-state index is 9.97. The number of para-hydroxylation sites is 2. The third-order valence-electron chi connectivity index (χ3n) is 4.68. The molecule has 1 aliphatic heterocycles. The van der Waals surface area contributed by atoms with Crippen LogP contribution < -0.4 is 0 Å². The first kappa shape index (κ1) is 14.5. The van der Waals surface area contributed by atoms with E-state index in [9.17, 15) is 5.11 Å². The molecule has 0 spiro atoms. The van der Waals surface area contributed by atoms with Crippen molar-refractivity contribution in [3.8, 4) is 0 Å². The Morgan fingerprint density at radius 1 is 1.29 bits per heavy atom. The lowest BCUT2D eigenvalue weighted by Crippen LogP contribution is -2.46. The molecule has 1 aromatic heterocycles. The van der Waals surface area contributed by atoms with Crippen molar-refractivity contribution >= 4 is 11.0 Å². The molecule has 3 rings (SSSR count). The molecule has 2 heterocycles. The molecule has 0 bridgehead atoms. The van der Waals surface area contributed by atoms with Crippen LogP contribution in [0.2, 0.25) is 0 Å². The number of aliphatic hydroxyl groups excluding tert-OH is 1. The lowest BCUT2D eigenvalue weighted by atomic mass is 9.98. The van der Waals surface area contributed by atoms with Gasteiger partial charge in [0.05, 0.1) is 17.1 Å². The summed E-state index contributed by atoms with van der Waals surface area (Å²) >= 11 is 0. The van der Waals surface area contributed by atoms with Crippen molar-refractivity contribution in [2.75, 3.05) is 13.1 Å². The first-order valence-corrected chi connectivity index (χ1v) is 8.01. The van der Waals surface area contributed by atoms with Crippen LogP contribution in [0.15, 0.2) is 24.3 Å². The highest BCUT2D eigenvalue weighted by Gasteiger charge is 2.25.